The van der Waals surface area contributed by atoms with Crippen LogP contribution in [0.4, 0.5) is 4.79 Å². The zero-order valence-corrected chi connectivity index (χ0v) is 14.0. The van der Waals surface area contributed by atoms with Crippen molar-refractivity contribution in [3.05, 3.63) is 58.1 Å². The maximum atomic E-state index is 12.3. The van der Waals surface area contributed by atoms with Gasteiger partial charge in [0.25, 0.3) is 0 Å². The molecule has 0 saturated heterocycles. The molecule has 0 radical (unpaired) electrons. The van der Waals surface area contributed by atoms with E-state index in [1.807, 2.05) is 30.3 Å². The molecule has 6 heteroatoms. The van der Waals surface area contributed by atoms with Crippen molar-refractivity contribution in [3.8, 4) is 0 Å². The van der Waals surface area contributed by atoms with Crippen molar-refractivity contribution in [2.24, 2.45) is 0 Å². The SMILES string of the molecule is O=C(OCc1ccccc1)N1CCc2nc(C3CC3)nc(Cl)c2C1. The van der Waals surface area contributed by atoms with Gasteiger partial charge in [-0.2, -0.15) is 0 Å². The summed E-state index contributed by atoms with van der Waals surface area (Å²) in [4.78, 5) is 23.0. The summed E-state index contributed by atoms with van der Waals surface area (Å²) in [5, 5.41) is 0.474. The van der Waals surface area contributed by atoms with E-state index >= 15 is 0 Å². The fourth-order valence-corrected chi connectivity index (χ4v) is 3.14. The Hall–Kier alpha value is -2.14. The maximum Gasteiger partial charge on any atom is 0.410 e. The molecule has 1 aromatic carbocycles. The molecule has 2 aliphatic rings. The van der Waals surface area contributed by atoms with Gasteiger partial charge in [-0.15, -0.1) is 0 Å². The number of halogens is 1. The predicted molar refractivity (Wildman–Crippen MR) is 89.8 cm³/mol. The highest BCUT2D eigenvalue weighted by Gasteiger charge is 2.31. The minimum Gasteiger partial charge on any atom is -0.445 e. The molecule has 0 spiro atoms. The number of hydrogen-bond acceptors (Lipinski definition) is 4. The third-order valence-electron chi connectivity index (χ3n) is 4.43. The first-order valence-electron chi connectivity index (χ1n) is 8.21. The topological polar surface area (TPSA) is 55.3 Å². The van der Waals surface area contributed by atoms with E-state index in [1.54, 1.807) is 4.90 Å². The molecule has 0 atom stereocenters. The number of fused-ring (bicyclic) bond motifs is 1. The number of rotatable bonds is 3. The van der Waals surface area contributed by atoms with Gasteiger partial charge in [0.15, 0.2) is 0 Å². The molecular weight excluding hydrogens is 326 g/mol. The molecule has 124 valence electrons. The third-order valence-corrected chi connectivity index (χ3v) is 4.75. The molecule has 2 heterocycles. The fraction of sp³-hybridized carbons (Fsp3) is 0.389. The first-order valence-corrected chi connectivity index (χ1v) is 8.59. The zero-order chi connectivity index (χ0) is 16.5. The highest BCUT2D eigenvalue weighted by molar-refractivity contribution is 6.30. The molecule has 1 amide bonds. The number of ether oxygens (including phenoxy) is 1. The summed E-state index contributed by atoms with van der Waals surface area (Å²) in [5.41, 5.74) is 2.80. The van der Waals surface area contributed by atoms with Crippen LogP contribution in [0.15, 0.2) is 30.3 Å². The largest absolute Gasteiger partial charge is 0.445 e. The Bertz CT molecular complexity index is 762. The summed E-state index contributed by atoms with van der Waals surface area (Å²) >= 11 is 6.33. The highest BCUT2D eigenvalue weighted by Crippen LogP contribution is 2.39. The lowest BCUT2D eigenvalue weighted by Gasteiger charge is -2.28. The van der Waals surface area contributed by atoms with Crippen molar-refractivity contribution in [2.45, 2.75) is 38.3 Å². The minimum atomic E-state index is -0.327. The van der Waals surface area contributed by atoms with Gasteiger partial charge in [0.2, 0.25) is 0 Å². The van der Waals surface area contributed by atoms with Crippen molar-refractivity contribution in [3.63, 3.8) is 0 Å². The lowest BCUT2D eigenvalue weighted by molar-refractivity contribution is 0.0915. The second-order valence-corrected chi connectivity index (χ2v) is 6.64. The van der Waals surface area contributed by atoms with Gasteiger partial charge >= 0.3 is 6.09 Å². The monoisotopic (exact) mass is 343 g/mol. The number of aromatic nitrogens is 2. The summed E-state index contributed by atoms with van der Waals surface area (Å²) in [7, 11) is 0. The van der Waals surface area contributed by atoms with Gasteiger partial charge < -0.3 is 9.64 Å². The molecule has 0 unspecified atom stereocenters. The first-order chi connectivity index (χ1) is 11.7. The Labute approximate surface area is 145 Å². The molecule has 24 heavy (non-hydrogen) atoms. The van der Waals surface area contributed by atoms with Gasteiger partial charge in [-0.05, 0) is 18.4 Å². The van der Waals surface area contributed by atoms with Crippen LogP contribution in [0.2, 0.25) is 5.15 Å². The summed E-state index contributed by atoms with van der Waals surface area (Å²) < 4.78 is 5.40. The van der Waals surface area contributed by atoms with Gasteiger partial charge in [-0.1, -0.05) is 41.9 Å². The van der Waals surface area contributed by atoms with E-state index in [2.05, 4.69) is 9.97 Å². The second-order valence-electron chi connectivity index (χ2n) is 6.28. The van der Waals surface area contributed by atoms with Crippen LogP contribution >= 0.6 is 11.6 Å². The smallest absolute Gasteiger partial charge is 0.410 e. The van der Waals surface area contributed by atoms with Gasteiger partial charge in [-0.25, -0.2) is 14.8 Å². The molecule has 1 saturated carbocycles. The Morgan fingerprint density at radius 2 is 2.04 bits per heavy atom. The van der Waals surface area contributed by atoms with Crippen LogP contribution in [0.3, 0.4) is 0 Å². The lowest BCUT2D eigenvalue weighted by atomic mass is 10.1. The molecule has 1 aliphatic carbocycles. The quantitative estimate of drug-likeness (QED) is 0.797. The van der Waals surface area contributed by atoms with E-state index < -0.39 is 0 Å². The minimum absolute atomic E-state index is 0.272. The lowest BCUT2D eigenvalue weighted by Crippen LogP contribution is -2.37. The van der Waals surface area contributed by atoms with Crippen molar-refractivity contribution in [1.29, 1.82) is 0 Å². The van der Waals surface area contributed by atoms with Crippen LogP contribution in [0, 0.1) is 0 Å². The molecular formula is C18H18ClN3O2. The van der Waals surface area contributed by atoms with Crippen LogP contribution in [0.25, 0.3) is 0 Å². The van der Waals surface area contributed by atoms with Gasteiger partial charge in [-0.3, -0.25) is 0 Å². The Morgan fingerprint density at radius 3 is 2.79 bits per heavy atom. The van der Waals surface area contributed by atoms with Crippen LogP contribution in [-0.2, 0) is 24.3 Å². The van der Waals surface area contributed by atoms with Crippen LogP contribution in [-0.4, -0.2) is 27.5 Å². The van der Waals surface area contributed by atoms with Crippen LogP contribution in [0.1, 0.15) is 41.4 Å². The average molecular weight is 344 g/mol. The summed E-state index contributed by atoms with van der Waals surface area (Å²) in [6, 6.07) is 9.65. The average Bonchev–Trinajstić information content (AvgIpc) is 3.45. The Kier molecular flexibility index (Phi) is 4.10. The number of benzene rings is 1. The summed E-state index contributed by atoms with van der Waals surface area (Å²) in [6.07, 6.45) is 2.66. The van der Waals surface area contributed by atoms with Gasteiger partial charge in [0.1, 0.15) is 17.6 Å². The van der Waals surface area contributed by atoms with Gasteiger partial charge in [0.05, 0.1) is 12.2 Å². The maximum absolute atomic E-state index is 12.3. The van der Waals surface area contributed by atoms with Crippen molar-refractivity contribution >= 4 is 17.7 Å². The molecule has 0 N–H and O–H groups in total. The Balaban J connectivity index is 1.43. The third kappa shape index (κ3) is 3.22. The van der Waals surface area contributed by atoms with E-state index in [4.69, 9.17) is 16.3 Å². The molecule has 1 aromatic heterocycles. The molecule has 5 nitrogen and oxygen atoms in total. The van der Waals surface area contributed by atoms with E-state index in [0.29, 0.717) is 30.6 Å². The van der Waals surface area contributed by atoms with Crippen LogP contribution in [0.5, 0.6) is 0 Å². The highest BCUT2D eigenvalue weighted by atomic mass is 35.5. The molecule has 1 aliphatic heterocycles. The van der Waals surface area contributed by atoms with Gasteiger partial charge in [0, 0.05) is 24.4 Å². The van der Waals surface area contributed by atoms with E-state index in [-0.39, 0.29) is 12.7 Å². The number of carbonyl (C=O) groups is 1. The number of amides is 1. The zero-order valence-electron chi connectivity index (χ0n) is 13.2. The van der Waals surface area contributed by atoms with E-state index in [1.165, 1.54) is 0 Å². The van der Waals surface area contributed by atoms with E-state index in [0.717, 1.165) is 35.5 Å². The second kappa shape index (κ2) is 6.40. The normalized spacial score (nSPS) is 16.6. The molecule has 1 fully saturated rings. The first kappa shape index (κ1) is 15.4. The Morgan fingerprint density at radius 1 is 1.25 bits per heavy atom. The van der Waals surface area contributed by atoms with Crippen molar-refractivity contribution in [2.75, 3.05) is 6.54 Å². The van der Waals surface area contributed by atoms with Crippen molar-refractivity contribution in [1.82, 2.24) is 14.9 Å². The summed E-state index contributed by atoms with van der Waals surface area (Å²) in [6.45, 7) is 1.28. The van der Waals surface area contributed by atoms with Crippen LogP contribution < -0.4 is 0 Å². The fourth-order valence-electron chi connectivity index (χ4n) is 2.88. The molecule has 0 bridgehead atoms. The number of carbonyl (C=O) groups excluding carboxylic acids is 1. The predicted octanol–water partition coefficient (Wildman–Crippen LogP) is 3.70. The number of nitrogens with zero attached hydrogens (tertiary/aromatic N) is 3. The number of hydrogen-bond donors (Lipinski definition) is 0. The molecule has 2 aromatic rings. The van der Waals surface area contributed by atoms with E-state index in [9.17, 15) is 4.79 Å². The standard InChI is InChI=1S/C18H18ClN3O2/c19-16-14-10-22(18(23)24-11-12-4-2-1-3-5-12)9-8-15(14)20-17(21-16)13-6-7-13/h1-5,13H,6-11H2. The van der Waals surface area contributed by atoms with Crippen molar-refractivity contribution < 1.29 is 9.53 Å². The summed E-state index contributed by atoms with van der Waals surface area (Å²) in [5.74, 6) is 1.33. The molecule has 4 rings (SSSR count).